The molecular weight excluding hydrogens is 244 g/mol. The highest BCUT2D eigenvalue weighted by atomic mass is 35.5. The lowest BCUT2D eigenvalue weighted by atomic mass is 9.97. The Kier molecular flexibility index (Phi) is 2.69. The number of benzene rings is 2. The van der Waals surface area contributed by atoms with Gasteiger partial charge in [0.05, 0.1) is 0 Å². The van der Waals surface area contributed by atoms with E-state index in [9.17, 15) is 5.11 Å². The Labute approximate surface area is 111 Å². The van der Waals surface area contributed by atoms with E-state index in [4.69, 9.17) is 11.6 Å². The molecule has 1 nitrogen and oxygen atoms in total. The molecule has 2 aromatic rings. The summed E-state index contributed by atoms with van der Waals surface area (Å²) in [6.45, 7) is 0. The number of aliphatic hydroxyl groups excluding tert-OH is 1. The van der Waals surface area contributed by atoms with E-state index in [1.807, 2.05) is 54.6 Å². The van der Waals surface area contributed by atoms with Gasteiger partial charge in [0.1, 0.15) is 5.76 Å². The Bertz CT molecular complexity index is 669. The molecule has 0 fully saturated rings. The molecular formula is C16H11ClO. The van der Waals surface area contributed by atoms with Crippen molar-refractivity contribution in [2.75, 3.05) is 0 Å². The van der Waals surface area contributed by atoms with Gasteiger partial charge in [-0.05, 0) is 23.3 Å². The smallest absolute Gasteiger partial charge is 0.124 e. The largest absolute Gasteiger partial charge is 0.507 e. The SMILES string of the molecule is OC1=Cc2ccccc2C=Cc2c(Cl)cccc21. The summed E-state index contributed by atoms with van der Waals surface area (Å²) in [4.78, 5) is 0. The van der Waals surface area contributed by atoms with Crippen LogP contribution in [0.1, 0.15) is 22.3 Å². The molecule has 0 saturated carbocycles. The molecule has 0 unspecified atom stereocenters. The van der Waals surface area contributed by atoms with E-state index in [-0.39, 0.29) is 5.76 Å². The normalized spacial score (nSPS) is 13.1. The number of fused-ring (bicyclic) bond motifs is 2. The first-order chi connectivity index (χ1) is 8.75. The van der Waals surface area contributed by atoms with Crippen LogP contribution in [0.2, 0.25) is 5.02 Å². The number of aliphatic hydroxyl groups is 1. The Morgan fingerprint density at radius 1 is 0.833 bits per heavy atom. The van der Waals surface area contributed by atoms with E-state index in [0.29, 0.717) is 5.02 Å². The first-order valence-electron chi connectivity index (χ1n) is 5.72. The second-order valence-electron chi connectivity index (χ2n) is 4.19. The standard InChI is InChI=1S/C16H11ClO/c17-15-7-3-6-14-13(15)9-8-11-4-1-2-5-12(11)10-16(14)18/h1-10,18H. The maximum absolute atomic E-state index is 10.2. The molecule has 0 saturated heterocycles. The van der Waals surface area contributed by atoms with Crippen LogP contribution in [-0.4, -0.2) is 5.11 Å². The summed E-state index contributed by atoms with van der Waals surface area (Å²) in [5.74, 6) is 0.240. The summed E-state index contributed by atoms with van der Waals surface area (Å²) >= 11 is 6.17. The third kappa shape index (κ3) is 1.83. The van der Waals surface area contributed by atoms with Crippen molar-refractivity contribution in [1.82, 2.24) is 0 Å². The van der Waals surface area contributed by atoms with Gasteiger partial charge >= 0.3 is 0 Å². The predicted octanol–water partition coefficient (Wildman–Crippen LogP) is 4.88. The van der Waals surface area contributed by atoms with Gasteiger partial charge in [-0.15, -0.1) is 0 Å². The van der Waals surface area contributed by atoms with Crippen molar-refractivity contribution in [2.45, 2.75) is 0 Å². The van der Waals surface area contributed by atoms with Crippen LogP contribution in [0.15, 0.2) is 42.5 Å². The van der Waals surface area contributed by atoms with Crippen LogP contribution >= 0.6 is 11.6 Å². The number of rotatable bonds is 0. The fourth-order valence-electron chi connectivity index (χ4n) is 2.12. The topological polar surface area (TPSA) is 20.2 Å². The molecule has 88 valence electrons. The van der Waals surface area contributed by atoms with Crippen molar-refractivity contribution in [3.05, 3.63) is 69.7 Å². The van der Waals surface area contributed by atoms with Crippen molar-refractivity contribution in [3.63, 3.8) is 0 Å². The Morgan fingerprint density at radius 3 is 2.44 bits per heavy atom. The number of halogens is 1. The van der Waals surface area contributed by atoms with E-state index < -0.39 is 0 Å². The molecule has 0 bridgehead atoms. The van der Waals surface area contributed by atoms with Crippen molar-refractivity contribution in [3.8, 4) is 0 Å². The predicted molar refractivity (Wildman–Crippen MR) is 77.3 cm³/mol. The van der Waals surface area contributed by atoms with Crippen LogP contribution in [0.4, 0.5) is 0 Å². The molecule has 3 rings (SSSR count). The summed E-state index contributed by atoms with van der Waals surface area (Å²) in [5, 5.41) is 10.8. The highest BCUT2D eigenvalue weighted by molar-refractivity contribution is 6.32. The minimum Gasteiger partial charge on any atom is -0.507 e. The summed E-state index contributed by atoms with van der Waals surface area (Å²) in [6, 6.07) is 13.5. The minimum atomic E-state index is 0.240. The zero-order valence-corrected chi connectivity index (χ0v) is 10.4. The molecule has 0 aliphatic heterocycles. The third-order valence-electron chi connectivity index (χ3n) is 3.05. The molecule has 2 heteroatoms. The van der Waals surface area contributed by atoms with E-state index in [0.717, 1.165) is 22.3 Å². The highest BCUT2D eigenvalue weighted by Crippen LogP contribution is 2.30. The van der Waals surface area contributed by atoms with Gasteiger partial charge in [0.2, 0.25) is 0 Å². The van der Waals surface area contributed by atoms with Gasteiger partial charge < -0.3 is 5.11 Å². The summed E-state index contributed by atoms with van der Waals surface area (Å²) in [6.07, 6.45) is 5.73. The fraction of sp³-hybridized carbons (Fsp3) is 0. The maximum Gasteiger partial charge on any atom is 0.124 e. The Morgan fingerprint density at radius 2 is 1.61 bits per heavy atom. The minimum absolute atomic E-state index is 0.240. The average Bonchev–Trinajstić information content (AvgIpc) is 2.36. The molecule has 0 radical (unpaired) electrons. The monoisotopic (exact) mass is 254 g/mol. The van der Waals surface area contributed by atoms with Crippen LogP contribution in [-0.2, 0) is 0 Å². The van der Waals surface area contributed by atoms with Crippen molar-refractivity contribution in [1.29, 1.82) is 0 Å². The van der Waals surface area contributed by atoms with Crippen molar-refractivity contribution >= 4 is 35.6 Å². The van der Waals surface area contributed by atoms with Gasteiger partial charge in [-0.2, -0.15) is 0 Å². The number of hydrogen-bond donors (Lipinski definition) is 1. The lowest BCUT2D eigenvalue weighted by molar-refractivity contribution is 0.515. The van der Waals surface area contributed by atoms with E-state index in [1.54, 1.807) is 6.08 Å². The third-order valence-corrected chi connectivity index (χ3v) is 3.38. The van der Waals surface area contributed by atoms with E-state index >= 15 is 0 Å². The zero-order chi connectivity index (χ0) is 12.5. The summed E-state index contributed by atoms with van der Waals surface area (Å²) in [7, 11) is 0. The van der Waals surface area contributed by atoms with Crippen molar-refractivity contribution in [2.24, 2.45) is 0 Å². The van der Waals surface area contributed by atoms with Gasteiger partial charge in [0.25, 0.3) is 0 Å². The molecule has 1 aliphatic carbocycles. The Hall–Kier alpha value is -1.99. The molecule has 0 spiro atoms. The highest BCUT2D eigenvalue weighted by Gasteiger charge is 2.11. The molecule has 1 aliphatic rings. The summed E-state index contributed by atoms with van der Waals surface area (Å²) in [5.41, 5.74) is 3.67. The Balaban J connectivity index is 2.28. The van der Waals surface area contributed by atoms with Gasteiger partial charge in [0.15, 0.2) is 0 Å². The van der Waals surface area contributed by atoms with Crippen LogP contribution in [0.5, 0.6) is 0 Å². The van der Waals surface area contributed by atoms with Crippen LogP contribution < -0.4 is 0 Å². The van der Waals surface area contributed by atoms with Crippen LogP contribution in [0.25, 0.3) is 24.0 Å². The first kappa shape index (κ1) is 11.1. The van der Waals surface area contributed by atoms with Crippen molar-refractivity contribution < 1.29 is 5.11 Å². The molecule has 2 aromatic carbocycles. The van der Waals surface area contributed by atoms with Gasteiger partial charge in [-0.25, -0.2) is 0 Å². The second-order valence-corrected chi connectivity index (χ2v) is 4.60. The average molecular weight is 255 g/mol. The maximum atomic E-state index is 10.2. The quantitative estimate of drug-likeness (QED) is 0.710. The van der Waals surface area contributed by atoms with Gasteiger partial charge in [-0.1, -0.05) is 60.2 Å². The fourth-order valence-corrected chi connectivity index (χ4v) is 2.36. The van der Waals surface area contributed by atoms with Gasteiger partial charge in [0, 0.05) is 16.1 Å². The van der Waals surface area contributed by atoms with E-state index in [1.165, 1.54) is 0 Å². The lowest BCUT2D eigenvalue weighted by Gasteiger charge is -2.11. The molecule has 0 atom stereocenters. The van der Waals surface area contributed by atoms with Gasteiger partial charge in [-0.3, -0.25) is 0 Å². The molecule has 1 N–H and O–H groups in total. The van der Waals surface area contributed by atoms with Crippen LogP contribution in [0, 0.1) is 0 Å². The zero-order valence-electron chi connectivity index (χ0n) is 9.60. The lowest BCUT2D eigenvalue weighted by Crippen LogP contribution is -1.92. The molecule has 0 heterocycles. The second kappa shape index (κ2) is 4.35. The molecule has 18 heavy (non-hydrogen) atoms. The first-order valence-corrected chi connectivity index (χ1v) is 6.10. The molecule has 0 amide bonds. The van der Waals surface area contributed by atoms with Crippen LogP contribution in [0.3, 0.4) is 0 Å². The number of hydrogen-bond acceptors (Lipinski definition) is 1. The van der Waals surface area contributed by atoms with E-state index in [2.05, 4.69) is 0 Å². The molecule has 0 aromatic heterocycles. The summed E-state index contributed by atoms with van der Waals surface area (Å²) < 4.78 is 0.